The van der Waals surface area contributed by atoms with E-state index >= 15 is 0 Å². The molecule has 0 heterocycles. The van der Waals surface area contributed by atoms with Crippen molar-refractivity contribution >= 4 is 11.8 Å². The van der Waals surface area contributed by atoms with Crippen molar-refractivity contribution in [2.24, 2.45) is 0 Å². The summed E-state index contributed by atoms with van der Waals surface area (Å²) < 4.78 is 4.97. The third kappa shape index (κ3) is 5.01. The Morgan fingerprint density at radius 3 is 2.81 bits per heavy atom. The average molecular weight is 239 g/mol. The molecule has 0 amide bonds. The largest absolute Gasteiger partial charge is 0.383 e. The number of aryl methyl sites for hydroxylation is 2. The van der Waals surface area contributed by atoms with Crippen molar-refractivity contribution < 1.29 is 4.74 Å². The summed E-state index contributed by atoms with van der Waals surface area (Å²) in [6.07, 6.45) is 0. The number of hydrogen-bond acceptors (Lipinski definition) is 3. The van der Waals surface area contributed by atoms with Crippen LogP contribution in [0.4, 0.5) is 0 Å². The van der Waals surface area contributed by atoms with E-state index in [2.05, 4.69) is 37.4 Å². The second-order valence-corrected chi connectivity index (χ2v) is 5.00. The van der Waals surface area contributed by atoms with E-state index in [-0.39, 0.29) is 0 Å². The lowest BCUT2D eigenvalue weighted by molar-refractivity contribution is 0.200. The zero-order valence-electron chi connectivity index (χ0n) is 10.4. The molecule has 1 aromatic rings. The van der Waals surface area contributed by atoms with Crippen molar-refractivity contribution in [3.63, 3.8) is 0 Å². The quantitative estimate of drug-likeness (QED) is 0.584. The number of thioether (sulfide) groups is 1. The Morgan fingerprint density at radius 1 is 1.25 bits per heavy atom. The maximum atomic E-state index is 4.97. The highest BCUT2D eigenvalue weighted by Crippen LogP contribution is 2.22. The van der Waals surface area contributed by atoms with Gasteiger partial charge in [-0.2, -0.15) is 0 Å². The molecule has 90 valence electrons. The molecule has 0 radical (unpaired) electrons. The minimum Gasteiger partial charge on any atom is -0.383 e. The van der Waals surface area contributed by atoms with Crippen LogP contribution in [-0.4, -0.2) is 32.6 Å². The van der Waals surface area contributed by atoms with Crippen molar-refractivity contribution in [1.29, 1.82) is 0 Å². The van der Waals surface area contributed by atoms with Gasteiger partial charge in [0.1, 0.15) is 0 Å². The van der Waals surface area contributed by atoms with Gasteiger partial charge in [-0.3, -0.25) is 0 Å². The molecule has 0 saturated carbocycles. The Kier molecular flexibility index (Phi) is 6.53. The van der Waals surface area contributed by atoms with Crippen molar-refractivity contribution in [3.05, 3.63) is 29.3 Å². The first-order chi connectivity index (χ1) is 7.74. The summed E-state index contributed by atoms with van der Waals surface area (Å²) >= 11 is 1.92. The molecule has 16 heavy (non-hydrogen) atoms. The molecule has 0 aromatic heterocycles. The van der Waals surface area contributed by atoms with Gasteiger partial charge in [0.2, 0.25) is 0 Å². The van der Waals surface area contributed by atoms with Crippen molar-refractivity contribution in [1.82, 2.24) is 5.32 Å². The second-order valence-electron chi connectivity index (χ2n) is 3.86. The minimum absolute atomic E-state index is 0.786. The van der Waals surface area contributed by atoms with Crippen LogP contribution in [0.3, 0.4) is 0 Å². The third-order valence-corrected chi connectivity index (χ3v) is 3.52. The molecule has 2 nitrogen and oxygen atoms in total. The standard InChI is InChI=1S/C13H21NOS/c1-11-4-5-12(2)13(10-11)16-9-7-14-6-8-15-3/h4-5,10,14H,6-9H2,1-3H3. The Balaban J connectivity index is 2.23. The zero-order valence-corrected chi connectivity index (χ0v) is 11.2. The van der Waals surface area contributed by atoms with Crippen LogP contribution < -0.4 is 5.32 Å². The summed E-state index contributed by atoms with van der Waals surface area (Å²) in [5.41, 5.74) is 2.70. The van der Waals surface area contributed by atoms with E-state index in [0.29, 0.717) is 0 Å². The third-order valence-electron chi connectivity index (χ3n) is 2.36. The first-order valence-corrected chi connectivity index (χ1v) is 6.62. The van der Waals surface area contributed by atoms with E-state index in [1.807, 2.05) is 11.8 Å². The highest BCUT2D eigenvalue weighted by molar-refractivity contribution is 7.99. The highest BCUT2D eigenvalue weighted by Gasteiger charge is 1.98. The summed E-state index contributed by atoms with van der Waals surface area (Å²) in [5.74, 6) is 1.11. The highest BCUT2D eigenvalue weighted by atomic mass is 32.2. The lowest BCUT2D eigenvalue weighted by atomic mass is 10.2. The molecule has 0 aliphatic rings. The van der Waals surface area contributed by atoms with Crippen LogP contribution >= 0.6 is 11.8 Å². The molecule has 0 saturated heterocycles. The van der Waals surface area contributed by atoms with Crippen LogP contribution in [0.25, 0.3) is 0 Å². The lowest BCUT2D eigenvalue weighted by Gasteiger charge is -2.07. The molecular formula is C13H21NOS. The fraction of sp³-hybridized carbons (Fsp3) is 0.538. The van der Waals surface area contributed by atoms with Gasteiger partial charge in [-0.25, -0.2) is 0 Å². The van der Waals surface area contributed by atoms with E-state index in [1.54, 1.807) is 7.11 Å². The molecule has 0 aliphatic carbocycles. The van der Waals surface area contributed by atoms with Crippen LogP contribution in [0.1, 0.15) is 11.1 Å². The molecule has 1 N–H and O–H groups in total. The summed E-state index contributed by atoms with van der Waals surface area (Å²) in [4.78, 5) is 1.40. The summed E-state index contributed by atoms with van der Waals surface area (Å²) in [6.45, 7) is 7.06. The number of nitrogens with one attached hydrogen (secondary N) is 1. The molecule has 0 unspecified atom stereocenters. The fourth-order valence-corrected chi connectivity index (χ4v) is 2.43. The summed E-state index contributed by atoms with van der Waals surface area (Å²) in [7, 11) is 1.73. The van der Waals surface area contributed by atoms with Gasteiger partial charge in [-0.1, -0.05) is 17.7 Å². The van der Waals surface area contributed by atoms with Gasteiger partial charge in [-0.15, -0.1) is 11.8 Å². The molecule has 0 spiro atoms. The van der Waals surface area contributed by atoms with Gasteiger partial charge in [0, 0.05) is 30.8 Å². The van der Waals surface area contributed by atoms with Crippen LogP contribution in [-0.2, 0) is 4.74 Å². The SMILES string of the molecule is COCCNCCSc1cc(C)ccc1C. The molecule has 0 bridgehead atoms. The monoisotopic (exact) mass is 239 g/mol. The van der Waals surface area contributed by atoms with Crippen molar-refractivity contribution in [2.75, 3.05) is 32.6 Å². The maximum Gasteiger partial charge on any atom is 0.0587 e. The molecule has 3 heteroatoms. The predicted octanol–water partition coefficient (Wildman–Crippen LogP) is 2.63. The second kappa shape index (κ2) is 7.71. The lowest BCUT2D eigenvalue weighted by Crippen LogP contribution is -2.21. The van der Waals surface area contributed by atoms with Crippen LogP contribution in [0.5, 0.6) is 0 Å². The van der Waals surface area contributed by atoms with Gasteiger partial charge in [0.25, 0.3) is 0 Å². The minimum atomic E-state index is 0.786. The van der Waals surface area contributed by atoms with Gasteiger partial charge >= 0.3 is 0 Å². The number of methoxy groups -OCH3 is 1. The first kappa shape index (κ1) is 13.6. The zero-order chi connectivity index (χ0) is 11.8. The van der Waals surface area contributed by atoms with Gasteiger partial charge in [0.15, 0.2) is 0 Å². The van der Waals surface area contributed by atoms with Gasteiger partial charge in [0.05, 0.1) is 6.61 Å². The van der Waals surface area contributed by atoms with Gasteiger partial charge in [-0.05, 0) is 25.5 Å². The van der Waals surface area contributed by atoms with E-state index in [9.17, 15) is 0 Å². The summed E-state index contributed by atoms with van der Waals surface area (Å²) in [6, 6.07) is 6.61. The smallest absolute Gasteiger partial charge is 0.0587 e. The molecule has 0 aliphatic heterocycles. The number of hydrogen-bond donors (Lipinski definition) is 1. The molecular weight excluding hydrogens is 218 g/mol. The molecule has 0 atom stereocenters. The van der Waals surface area contributed by atoms with Crippen LogP contribution in [0.15, 0.2) is 23.1 Å². The Bertz CT molecular complexity index is 315. The number of ether oxygens (including phenoxy) is 1. The molecule has 1 rings (SSSR count). The van der Waals surface area contributed by atoms with Crippen LogP contribution in [0.2, 0.25) is 0 Å². The van der Waals surface area contributed by atoms with Crippen LogP contribution in [0, 0.1) is 13.8 Å². The van der Waals surface area contributed by atoms with E-state index in [4.69, 9.17) is 4.74 Å². The number of rotatable bonds is 7. The Hall–Kier alpha value is -0.510. The fourth-order valence-electron chi connectivity index (χ4n) is 1.40. The predicted molar refractivity (Wildman–Crippen MR) is 71.4 cm³/mol. The van der Waals surface area contributed by atoms with E-state index in [0.717, 1.165) is 25.4 Å². The normalized spacial score (nSPS) is 10.7. The Labute approximate surface area is 103 Å². The summed E-state index contributed by atoms with van der Waals surface area (Å²) in [5, 5.41) is 3.34. The Morgan fingerprint density at radius 2 is 2.06 bits per heavy atom. The van der Waals surface area contributed by atoms with Crippen molar-refractivity contribution in [2.45, 2.75) is 18.7 Å². The van der Waals surface area contributed by atoms with E-state index in [1.165, 1.54) is 16.0 Å². The maximum absolute atomic E-state index is 4.97. The molecule has 0 fully saturated rings. The molecule has 1 aromatic carbocycles. The average Bonchev–Trinajstić information content (AvgIpc) is 2.28. The van der Waals surface area contributed by atoms with Gasteiger partial charge < -0.3 is 10.1 Å². The topological polar surface area (TPSA) is 21.3 Å². The first-order valence-electron chi connectivity index (χ1n) is 5.63. The van der Waals surface area contributed by atoms with Crippen molar-refractivity contribution in [3.8, 4) is 0 Å². The van der Waals surface area contributed by atoms with E-state index < -0.39 is 0 Å². The number of benzene rings is 1.